The van der Waals surface area contributed by atoms with Gasteiger partial charge in [-0.15, -0.1) is 11.8 Å². The van der Waals surface area contributed by atoms with Crippen molar-refractivity contribution in [1.29, 1.82) is 0 Å². The van der Waals surface area contributed by atoms with Crippen LogP contribution in [0.4, 0.5) is 11.4 Å². The minimum atomic E-state index is -0.186. The third-order valence-corrected chi connectivity index (χ3v) is 3.99. The zero-order valence-electron chi connectivity index (χ0n) is 9.68. The number of hydrogen-bond acceptors (Lipinski definition) is 4. The number of nitrogens with one attached hydrogen (secondary N) is 2. The summed E-state index contributed by atoms with van der Waals surface area (Å²) in [5.41, 5.74) is 1.48. The van der Waals surface area contributed by atoms with Crippen molar-refractivity contribution in [1.82, 2.24) is 5.32 Å². The Balaban J connectivity index is 1.92. The van der Waals surface area contributed by atoms with Gasteiger partial charge >= 0.3 is 0 Å². The first-order chi connectivity index (χ1) is 8.75. The third-order valence-electron chi connectivity index (χ3n) is 3.05. The molecule has 3 rings (SSSR count). The van der Waals surface area contributed by atoms with E-state index in [1.54, 1.807) is 16.7 Å². The van der Waals surface area contributed by atoms with Crippen LogP contribution in [-0.4, -0.2) is 36.0 Å². The number of para-hydroxylation sites is 2. The van der Waals surface area contributed by atoms with E-state index in [-0.39, 0.29) is 24.4 Å². The number of anilines is 2. The summed E-state index contributed by atoms with van der Waals surface area (Å²) < 4.78 is 0. The molecular weight excluding hydrogens is 250 g/mol. The van der Waals surface area contributed by atoms with Crippen LogP contribution in [-0.2, 0) is 9.59 Å². The maximum atomic E-state index is 12.4. The van der Waals surface area contributed by atoms with E-state index in [9.17, 15) is 9.59 Å². The fourth-order valence-electron chi connectivity index (χ4n) is 2.17. The van der Waals surface area contributed by atoms with E-state index in [2.05, 4.69) is 10.6 Å². The van der Waals surface area contributed by atoms with Gasteiger partial charge in [0, 0.05) is 11.6 Å². The first-order valence-electron chi connectivity index (χ1n) is 5.77. The van der Waals surface area contributed by atoms with Gasteiger partial charge in [-0.1, -0.05) is 12.1 Å². The maximum absolute atomic E-state index is 12.4. The molecule has 1 fully saturated rings. The number of thioether (sulfide) groups is 1. The first-order valence-corrected chi connectivity index (χ1v) is 6.92. The minimum absolute atomic E-state index is 0.0256. The Kier molecular flexibility index (Phi) is 2.97. The molecule has 1 unspecified atom stereocenters. The molecule has 0 spiro atoms. The van der Waals surface area contributed by atoms with Crippen LogP contribution in [0.1, 0.15) is 0 Å². The Bertz CT molecular complexity index is 500. The number of rotatable bonds is 1. The standard InChI is InChI=1S/C12H13N3O2S/c16-11-5-15(12(17)9-6-18-7-13-9)10-4-2-1-3-8(10)14-11/h1-4,9,13H,5-7H2,(H,14,16). The molecule has 2 heterocycles. The van der Waals surface area contributed by atoms with Gasteiger partial charge in [0.25, 0.3) is 0 Å². The summed E-state index contributed by atoms with van der Waals surface area (Å²) in [6.07, 6.45) is 0. The van der Waals surface area contributed by atoms with Crippen LogP contribution >= 0.6 is 11.8 Å². The lowest BCUT2D eigenvalue weighted by Crippen LogP contribution is -2.50. The molecule has 0 saturated carbocycles. The zero-order valence-corrected chi connectivity index (χ0v) is 10.5. The molecule has 0 bridgehead atoms. The van der Waals surface area contributed by atoms with Crippen molar-refractivity contribution in [2.24, 2.45) is 0 Å². The third kappa shape index (κ3) is 1.97. The van der Waals surface area contributed by atoms with Crippen molar-refractivity contribution >= 4 is 35.0 Å². The summed E-state index contributed by atoms with van der Waals surface area (Å²) >= 11 is 1.70. The van der Waals surface area contributed by atoms with Crippen LogP contribution in [0.2, 0.25) is 0 Å². The van der Waals surface area contributed by atoms with Crippen molar-refractivity contribution in [3.05, 3.63) is 24.3 Å². The highest BCUT2D eigenvalue weighted by molar-refractivity contribution is 7.99. The summed E-state index contributed by atoms with van der Waals surface area (Å²) in [6, 6.07) is 7.19. The van der Waals surface area contributed by atoms with Crippen molar-refractivity contribution in [3.8, 4) is 0 Å². The van der Waals surface area contributed by atoms with E-state index in [1.165, 1.54) is 0 Å². The lowest BCUT2D eigenvalue weighted by atomic mass is 10.1. The fourth-order valence-corrected chi connectivity index (χ4v) is 3.10. The smallest absolute Gasteiger partial charge is 0.245 e. The molecule has 2 aliphatic heterocycles. The molecule has 0 radical (unpaired) electrons. The molecule has 1 aromatic rings. The van der Waals surface area contributed by atoms with Gasteiger partial charge in [-0.25, -0.2) is 0 Å². The molecule has 2 N–H and O–H groups in total. The van der Waals surface area contributed by atoms with E-state index < -0.39 is 0 Å². The highest BCUT2D eigenvalue weighted by atomic mass is 32.2. The van der Waals surface area contributed by atoms with E-state index in [1.807, 2.05) is 24.3 Å². The van der Waals surface area contributed by atoms with Crippen molar-refractivity contribution < 1.29 is 9.59 Å². The normalized spacial score (nSPS) is 22.6. The number of carbonyl (C=O) groups excluding carboxylic acids is 2. The van der Waals surface area contributed by atoms with Crippen molar-refractivity contribution in [2.75, 3.05) is 28.4 Å². The number of fused-ring (bicyclic) bond motifs is 1. The van der Waals surface area contributed by atoms with E-state index >= 15 is 0 Å². The Morgan fingerprint density at radius 1 is 1.39 bits per heavy atom. The van der Waals surface area contributed by atoms with Crippen molar-refractivity contribution in [3.63, 3.8) is 0 Å². The second kappa shape index (κ2) is 4.62. The van der Waals surface area contributed by atoms with Gasteiger partial charge < -0.3 is 5.32 Å². The molecule has 2 amide bonds. The summed E-state index contributed by atoms with van der Waals surface area (Å²) in [7, 11) is 0. The second-order valence-corrected chi connectivity index (χ2v) is 5.29. The Labute approximate surface area is 109 Å². The Morgan fingerprint density at radius 2 is 2.22 bits per heavy atom. The molecule has 1 atom stereocenters. The molecule has 2 aliphatic rings. The van der Waals surface area contributed by atoms with Gasteiger partial charge in [-0.2, -0.15) is 0 Å². The van der Waals surface area contributed by atoms with Gasteiger partial charge in [0.1, 0.15) is 6.54 Å². The quantitative estimate of drug-likeness (QED) is 0.780. The highest BCUT2D eigenvalue weighted by Crippen LogP contribution is 2.29. The van der Waals surface area contributed by atoms with Crippen LogP contribution in [0.15, 0.2) is 24.3 Å². The first kappa shape index (κ1) is 11.6. The molecule has 94 valence electrons. The molecule has 5 nitrogen and oxygen atoms in total. The van der Waals surface area contributed by atoms with Gasteiger partial charge in [0.2, 0.25) is 11.8 Å². The SMILES string of the molecule is O=C1CN(C(=O)C2CSCN2)c2ccccc2N1. The molecule has 6 heteroatoms. The molecule has 1 saturated heterocycles. The van der Waals surface area contributed by atoms with Crippen LogP contribution < -0.4 is 15.5 Å². The highest BCUT2D eigenvalue weighted by Gasteiger charge is 2.32. The number of amides is 2. The van der Waals surface area contributed by atoms with Crippen LogP contribution in [0.25, 0.3) is 0 Å². The summed E-state index contributed by atoms with van der Waals surface area (Å²) in [4.78, 5) is 25.6. The molecule has 18 heavy (non-hydrogen) atoms. The minimum Gasteiger partial charge on any atom is -0.323 e. The monoisotopic (exact) mass is 263 g/mol. The van der Waals surface area contributed by atoms with Crippen LogP contribution in [0.3, 0.4) is 0 Å². The second-order valence-electron chi connectivity index (χ2n) is 4.26. The summed E-state index contributed by atoms with van der Waals surface area (Å²) in [6.45, 7) is 0.0959. The molecule has 0 aromatic heterocycles. The van der Waals surface area contributed by atoms with Gasteiger partial charge in [0.15, 0.2) is 0 Å². The lowest BCUT2D eigenvalue weighted by Gasteiger charge is -2.30. The van der Waals surface area contributed by atoms with Gasteiger partial charge in [0.05, 0.1) is 17.4 Å². The van der Waals surface area contributed by atoms with Crippen molar-refractivity contribution in [2.45, 2.75) is 6.04 Å². The van der Waals surface area contributed by atoms with Gasteiger partial charge in [-0.3, -0.25) is 19.8 Å². The lowest BCUT2D eigenvalue weighted by molar-refractivity contribution is -0.122. The average Bonchev–Trinajstić information content (AvgIpc) is 2.90. The Hall–Kier alpha value is -1.53. The number of benzene rings is 1. The predicted molar refractivity (Wildman–Crippen MR) is 71.7 cm³/mol. The molecule has 1 aromatic carbocycles. The summed E-state index contributed by atoms with van der Waals surface area (Å²) in [5.74, 6) is 1.38. The average molecular weight is 263 g/mol. The van der Waals surface area contributed by atoms with Crippen LogP contribution in [0, 0.1) is 0 Å². The maximum Gasteiger partial charge on any atom is 0.245 e. The Morgan fingerprint density at radius 3 is 3.00 bits per heavy atom. The number of carbonyl (C=O) groups is 2. The van der Waals surface area contributed by atoms with E-state index in [0.29, 0.717) is 5.69 Å². The van der Waals surface area contributed by atoms with Gasteiger partial charge in [-0.05, 0) is 12.1 Å². The molecule has 0 aliphatic carbocycles. The largest absolute Gasteiger partial charge is 0.323 e. The predicted octanol–water partition coefficient (Wildman–Crippen LogP) is 0.634. The van der Waals surface area contributed by atoms with Crippen LogP contribution in [0.5, 0.6) is 0 Å². The zero-order chi connectivity index (χ0) is 12.5. The topological polar surface area (TPSA) is 61.4 Å². The van der Waals surface area contributed by atoms with E-state index in [4.69, 9.17) is 0 Å². The fraction of sp³-hybridized carbons (Fsp3) is 0.333. The number of hydrogen-bond donors (Lipinski definition) is 2. The molecular formula is C12H13N3O2S. The summed E-state index contributed by atoms with van der Waals surface area (Å²) in [5, 5.41) is 5.92. The number of nitrogens with zero attached hydrogens (tertiary/aromatic N) is 1. The van der Waals surface area contributed by atoms with E-state index in [0.717, 1.165) is 17.3 Å².